The molecule has 1 fully saturated rings. The third-order valence-electron chi connectivity index (χ3n) is 6.81. The largest absolute Gasteiger partial charge is 0.376 e. The highest BCUT2D eigenvalue weighted by Gasteiger charge is 2.38. The molecule has 35 heavy (non-hydrogen) atoms. The summed E-state index contributed by atoms with van der Waals surface area (Å²) in [7, 11) is 2.02. The van der Waals surface area contributed by atoms with Crippen LogP contribution in [0.25, 0.3) is 11.4 Å². The molecule has 6 nitrogen and oxygen atoms in total. The van der Waals surface area contributed by atoms with E-state index in [2.05, 4.69) is 45.6 Å². The number of fused-ring (bicyclic) bond motifs is 1. The zero-order valence-corrected chi connectivity index (χ0v) is 21.8. The van der Waals surface area contributed by atoms with Crippen molar-refractivity contribution in [3.8, 4) is 11.4 Å². The van der Waals surface area contributed by atoms with Crippen molar-refractivity contribution in [2.75, 3.05) is 24.3 Å². The second-order valence-corrected chi connectivity index (χ2v) is 10.9. The molecule has 0 aliphatic carbocycles. The number of hydrogen-bond acceptors (Lipinski definition) is 6. The summed E-state index contributed by atoms with van der Waals surface area (Å²) in [6, 6.07) is 15.9. The number of benzene rings is 2. The highest BCUT2D eigenvalue weighted by Crippen LogP contribution is 2.46. The topological polar surface area (TPSA) is 60.2 Å². The maximum Gasteiger partial charge on any atom is 0.192 e. The van der Waals surface area contributed by atoms with Gasteiger partial charge in [-0.2, -0.15) is 0 Å². The lowest BCUT2D eigenvalue weighted by Gasteiger charge is -2.23. The van der Waals surface area contributed by atoms with E-state index in [1.165, 1.54) is 17.3 Å². The number of anilines is 1. The van der Waals surface area contributed by atoms with Crippen LogP contribution in [0.2, 0.25) is 5.02 Å². The normalized spacial score (nSPS) is 19.9. The van der Waals surface area contributed by atoms with Crippen LogP contribution in [0.15, 0.2) is 65.5 Å². The van der Waals surface area contributed by atoms with Gasteiger partial charge in [0.05, 0.1) is 18.4 Å². The predicted octanol–water partition coefficient (Wildman–Crippen LogP) is 5.75. The molecular formula is C27H29ClN4O2S. The van der Waals surface area contributed by atoms with E-state index < -0.39 is 0 Å². The van der Waals surface area contributed by atoms with Gasteiger partial charge < -0.3 is 9.64 Å². The molecule has 1 saturated heterocycles. The summed E-state index contributed by atoms with van der Waals surface area (Å²) in [4.78, 5) is 15.2. The number of carbonyl (C=O) groups is 1. The first-order valence-electron chi connectivity index (χ1n) is 11.9. The van der Waals surface area contributed by atoms with Crippen LogP contribution in [-0.2, 0) is 21.5 Å². The smallest absolute Gasteiger partial charge is 0.192 e. The van der Waals surface area contributed by atoms with E-state index in [9.17, 15) is 4.79 Å². The fraction of sp³-hybridized carbons (Fsp3) is 0.370. The number of thioether (sulfide) groups is 1. The highest BCUT2D eigenvalue weighted by atomic mass is 35.5. The summed E-state index contributed by atoms with van der Waals surface area (Å²) in [5, 5.41) is 10.3. The van der Waals surface area contributed by atoms with Crippen molar-refractivity contribution >= 4 is 34.8 Å². The number of ether oxygens (including phenoxy) is 1. The number of hydrogen-bond donors (Lipinski definition) is 0. The minimum Gasteiger partial charge on any atom is -0.376 e. The molecule has 1 atom stereocenters. The molecular weight excluding hydrogens is 480 g/mol. The maximum atomic E-state index is 13.1. The molecule has 2 aromatic carbocycles. The average molecular weight is 509 g/mol. The molecule has 1 aromatic heterocycles. The van der Waals surface area contributed by atoms with Crippen LogP contribution >= 0.6 is 23.4 Å². The van der Waals surface area contributed by atoms with E-state index in [0.29, 0.717) is 11.6 Å². The summed E-state index contributed by atoms with van der Waals surface area (Å²) in [6.07, 6.45) is 3.98. The number of para-hydroxylation sites is 1. The van der Waals surface area contributed by atoms with E-state index in [-0.39, 0.29) is 23.1 Å². The fourth-order valence-corrected chi connectivity index (χ4v) is 5.85. The van der Waals surface area contributed by atoms with Crippen molar-refractivity contribution in [2.24, 2.45) is 0 Å². The first kappa shape index (κ1) is 24.1. The van der Waals surface area contributed by atoms with E-state index in [1.807, 2.05) is 43.4 Å². The number of allylic oxidation sites excluding steroid dienone is 2. The Bertz CT molecular complexity index is 1260. The third kappa shape index (κ3) is 4.77. The Morgan fingerprint density at radius 1 is 1.20 bits per heavy atom. The van der Waals surface area contributed by atoms with Crippen LogP contribution in [-0.4, -0.2) is 46.1 Å². The molecule has 8 heteroatoms. The molecule has 182 valence electrons. The molecule has 5 rings (SSSR count). The Kier molecular flexibility index (Phi) is 6.75. The Labute approximate surface area is 215 Å². The zero-order chi connectivity index (χ0) is 24.6. The van der Waals surface area contributed by atoms with Gasteiger partial charge in [0.1, 0.15) is 0 Å². The minimum atomic E-state index is -0.229. The number of aromatic nitrogens is 3. The van der Waals surface area contributed by atoms with Gasteiger partial charge in [-0.1, -0.05) is 55.4 Å². The molecule has 3 heterocycles. The van der Waals surface area contributed by atoms with E-state index in [4.69, 9.17) is 16.3 Å². The standard InChI is InChI=1S/C27H29ClN4O2S/c1-27(2)22-8-4-5-9-23(22)31(3)24(27)15-20(33)17-35-26-30-29-25(18-10-12-19(28)13-11-18)32(26)16-21-7-6-14-34-21/h4-5,8-13,15,21H,6-7,14,16-17H2,1-3H3/b24-15+/t21-/m1/s1. The van der Waals surface area contributed by atoms with Gasteiger partial charge in [0, 0.05) is 47.1 Å². The number of rotatable bonds is 7. The second kappa shape index (κ2) is 9.80. The average Bonchev–Trinajstić information content (AvgIpc) is 3.55. The molecule has 2 aliphatic heterocycles. The van der Waals surface area contributed by atoms with Crippen LogP contribution in [0, 0.1) is 0 Å². The van der Waals surface area contributed by atoms with Gasteiger partial charge >= 0.3 is 0 Å². The summed E-state index contributed by atoms with van der Waals surface area (Å²) < 4.78 is 7.96. The van der Waals surface area contributed by atoms with Gasteiger partial charge in [0.25, 0.3) is 0 Å². The van der Waals surface area contributed by atoms with E-state index in [1.54, 1.807) is 6.08 Å². The van der Waals surface area contributed by atoms with Crippen molar-refractivity contribution in [2.45, 2.75) is 49.9 Å². The van der Waals surface area contributed by atoms with Crippen molar-refractivity contribution in [3.05, 3.63) is 70.9 Å². The summed E-state index contributed by atoms with van der Waals surface area (Å²) in [6.45, 7) is 5.77. The van der Waals surface area contributed by atoms with Gasteiger partial charge in [0.2, 0.25) is 0 Å². The molecule has 0 saturated carbocycles. The van der Waals surface area contributed by atoms with Crippen LogP contribution in [0.4, 0.5) is 5.69 Å². The molecule has 0 spiro atoms. The first-order chi connectivity index (χ1) is 16.8. The quantitative estimate of drug-likeness (QED) is 0.299. The molecule has 0 unspecified atom stereocenters. The summed E-state index contributed by atoms with van der Waals surface area (Å²) in [5.74, 6) is 1.10. The van der Waals surface area contributed by atoms with Crippen molar-refractivity contribution < 1.29 is 9.53 Å². The van der Waals surface area contributed by atoms with E-state index >= 15 is 0 Å². The van der Waals surface area contributed by atoms with Gasteiger partial charge in [-0.15, -0.1) is 10.2 Å². The first-order valence-corrected chi connectivity index (χ1v) is 13.2. The maximum absolute atomic E-state index is 13.1. The van der Waals surface area contributed by atoms with Crippen LogP contribution < -0.4 is 4.90 Å². The number of ketones is 1. The lowest BCUT2D eigenvalue weighted by molar-refractivity contribution is -0.112. The van der Waals surface area contributed by atoms with Gasteiger partial charge in [-0.25, -0.2) is 0 Å². The summed E-state index contributed by atoms with van der Waals surface area (Å²) >= 11 is 7.50. The number of nitrogens with zero attached hydrogens (tertiary/aromatic N) is 4. The summed E-state index contributed by atoms with van der Waals surface area (Å²) in [5.41, 5.74) is 4.10. The number of carbonyl (C=O) groups excluding carboxylic acids is 1. The molecule has 0 radical (unpaired) electrons. The van der Waals surface area contributed by atoms with Crippen molar-refractivity contribution in [3.63, 3.8) is 0 Å². The third-order valence-corrected chi connectivity index (χ3v) is 8.05. The van der Waals surface area contributed by atoms with Gasteiger partial charge in [-0.3, -0.25) is 9.36 Å². The molecule has 0 N–H and O–H groups in total. The molecule has 3 aromatic rings. The highest BCUT2D eigenvalue weighted by molar-refractivity contribution is 7.99. The lowest BCUT2D eigenvalue weighted by atomic mass is 9.83. The number of halogens is 1. The van der Waals surface area contributed by atoms with Crippen LogP contribution in [0.5, 0.6) is 0 Å². The lowest BCUT2D eigenvalue weighted by Crippen LogP contribution is -2.24. The van der Waals surface area contributed by atoms with Crippen molar-refractivity contribution in [1.29, 1.82) is 0 Å². The Morgan fingerprint density at radius 2 is 1.97 bits per heavy atom. The monoisotopic (exact) mass is 508 g/mol. The minimum absolute atomic E-state index is 0.0532. The molecule has 0 bridgehead atoms. The fourth-order valence-electron chi connectivity index (χ4n) is 4.95. The Hall–Kier alpha value is -2.61. The SMILES string of the molecule is CN1/C(=C/C(=O)CSc2nnc(-c3ccc(Cl)cc3)n2C[C@H]2CCCO2)C(C)(C)c2ccccc21. The van der Waals surface area contributed by atoms with Gasteiger partial charge in [-0.05, 0) is 48.7 Å². The second-order valence-electron chi connectivity index (χ2n) is 9.54. The van der Waals surface area contributed by atoms with Crippen LogP contribution in [0.1, 0.15) is 32.3 Å². The zero-order valence-electron chi connectivity index (χ0n) is 20.2. The predicted molar refractivity (Wildman–Crippen MR) is 141 cm³/mol. The Balaban J connectivity index is 1.36. The van der Waals surface area contributed by atoms with E-state index in [0.717, 1.165) is 47.4 Å². The Morgan fingerprint density at radius 3 is 2.69 bits per heavy atom. The number of likely N-dealkylation sites (N-methyl/N-ethyl adjacent to an activating group) is 1. The van der Waals surface area contributed by atoms with Crippen LogP contribution in [0.3, 0.4) is 0 Å². The van der Waals surface area contributed by atoms with Gasteiger partial charge in [0.15, 0.2) is 16.8 Å². The van der Waals surface area contributed by atoms with Crippen molar-refractivity contribution in [1.82, 2.24) is 14.8 Å². The molecule has 0 amide bonds. The molecule has 2 aliphatic rings.